The van der Waals surface area contributed by atoms with Crippen LogP contribution < -0.4 is 10.5 Å². The van der Waals surface area contributed by atoms with E-state index in [1.165, 1.54) is 0 Å². The molecule has 2 rings (SSSR count). The first-order valence-corrected chi connectivity index (χ1v) is 7.88. The number of halogens is 2. The van der Waals surface area contributed by atoms with Gasteiger partial charge in [-0.2, -0.15) is 0 Å². The molecule has 1 unspecified atom stereocenters. The first-order chi connectivity index (χ1) is 10.5. The number of rotatable bonds is 6. The summed E-state index contributed by atoms with van der Waals surface area (Å²) >= 11 is 11.9. The summed E-state index contributed by atoms with van der Waals surface area (Å²) in [5.41, 5.74) is 5.25. The molecule has 0 aliphatic carbocycles. The van der Waals surface area contributed by atoms with Crippen LogP contribution in [0.5, 0.6) is 5.75 Å². The molecule has 22 heavy (non-hydrogen) atoms. The third kappa shape index (κ3) is 4.27. The van der Waals surface area contributed by atoms with Crippen LogP contribution in [0.15, 0.2) is 18.2 Å². The fourth-order valence-corrected chi connectivity index (χ4v) is 2.72. The zero-order valence-electron chi connectivity index (χ0n) is 12.1. The van der Waals surface area contributed by atoms with Crippen molar-refractivity contribution in [1.82, 2.24) is 4.90 Å². The van der Waals surface area contributed by atoms with Crippen LogP contribution in [0.3, 0.4) is 0 Å². The maximum atomic E-state index is 12.0. The van der Waals surface area contributed by atoms with Gasteiger partial charge in [0.15, 0.2) is 0 Å². The Bertz CT molecular complexity index is 566. The summed E-state index contributed by atoms with van der Waals surface area (Å²) in [6, 6.07) is 5.17. The van der Waals surface area contributed by atoms with Crippen molar-refractivity contribution in [3.63, 3.8) is 0 Å². The number of nitrogens with two attached hydrogens (primary N) is 1. The summed E-state index contributed by atoms with van der Waals surface area (Å²) in [6.07, 6.45) is 1.58. The van der Waals surface area contributed by atoms with Gasteiger partial charge in [0.25, 0.3) is 0 Å². The number of hydrogen-bond acceptors (Lipinski definition) is 3. The van der Waals surface area contributed by atoms with Gasteiger partial charge in [0, 0.05) is 19.5 Å². The molecule has 1 aliphatic rings. The second kappa shape index (κ2) is 7.70. The van der Waals surface area contributed by atoms with E-state index in [0.717, 1.165) is 0 Å². The molecule has 2 amide bonds. The van der Waals surface area contributed by atoms with Crippen LogP contribution in [0.25, 0.3) is 0 Å². The Hall–Kier alpha value is -1.46. The topological polar surface area (TPSA) is 72.6 Å². The smallest absolute Gasteiger partial charge is 0.222 e. The number of carbonyl (C=O) groups excluding carboxylic acids is 2. The Balaban J connectivity index is 1.72. The number of benzene rings is 1. The monoisotopic (exact) mass is 344 g/mol. The maximum Gasteiger partial charge on any atom is 0.222 e. The zero-order valence-corrected chi connectivity index (χ0v) is 13.6. The van der Waals surface area contributed by atoms with E-state index in [1.54, 1.807) is 23.1 Å². The normalized spacial score (nSPS) is 17.5. The van der Waals surface area contributed by atoms with Crippen molar-refractivity contribution in [2.75, 3.05) is 19.7 Å². The molecule has 2 N–H and O–H groups in total. The third-order valence-corrected chi connectivity index (χ3v) is 4.45. The average molecular weight is 345 g/mol. The minimum Gasteiger partial charge on any atom is -0.492 e. The van der Waals surface area contributed by atoms with E-state index in [4.69, 9.17) is 33.7 Å². The molecule has 0 radical (unpaired) electrons. The Morgan fingerprint density at radius 3 is 2.82 bits per heavy atom. The van der Waals surface area contributed by atoms with E-state index in [-0.39, 0.29) is 17.7 Å². The maximum absolute atomic E-state index is 12.0. The molecular formula is C15H18Cl2N2O3. The molecule has 1 aromatic carbocycles. The standard InChI is InChI=1S/C15H18Cl2N2O3/c16-11-3-1-4-12(14(11)17)22-8-2-5-13(20)19-7-6-10(9-19)15(18)21/h1,3-4,10H,2,5-9H2,(H2,18,21). The molecule has 1 aliphatic heterocycles. The highest BCUT2D eigenvalue weighted by Crippen LogP contribution is 2.31. The lowest BCUT2D eigenvalue weighted by Crippen LogP contribution is -2.31. The summed E-state index contributed by atoms with van der Waals surface area (Å²) < 4.78 is 5.53. The molecule has 0 aromatic heterocycles. The van der Waals surface area contributed by atoms with Gasteiger partial charge in [0.2, 0.25) is 11.8 Å². The van der Waals surface area contributed by atoms with E-state index >= 15 is 0 Å². The predicted molar refractivity (Wildman–Crippen MR) is 85.1 cm³/mol. The second-order valence-corrected chi connectivity index (χ2v) is 6.02. The Morgan fingerprint density at radius 2 is 2.14 bits per heavy atom. The van der Waals surface area contributed by atoms with Gasteiger partial charge in [-0.25, -0.2) is 0 Å². The lowest BCUT2D eigenvalue weighted by Gasteiger charge is -2.16. The zero-order chi connectivity index (χ0) is 16.1. The van der Waals surface area contributed by atoms with Gasteiger partial charge < -0.3 is 15.4 Å². The quantitative estimate of drug-likeness (QED) is 0.805. The van der Waals surface area contributed by atoms with Crippen LogP contribution in [-0.2, 0) is 9.59 Å². The summed E-state index contributed by atoms with van der Waals surface area (Å²) in [5, 5.41) is 0.809. The second-order valence-electron chi connectivity index (χ2n) is 5.23. The minimum atomic E-state index is -0.339. The number of hydrogen-bond donors (Lipinski definition) is 1. The van der Waals surface area contributed by atoms with Crippen molar-refractivity contribution in [3.8, 4) is 5.75 Å². The molecule has 1 fully saturated rings. The highest BCUT2D eigenvalue weighted by Gasteiger charge is 2.29. The largest absolute Gasteiger partial charge is 0.492 e. The van der Waals surface area contributed by atoms with Gasteiger partial charge in [-0.1, -0.05) is 29.3 Å². The third-order valence-electron chi connectivity index (χ3n) is 3.65. The van der Waals surface area contributed by atoms with E-state index in [9.17, 15) is 9.59 Å². The molecular weight excluding hydrogens is 327 g/mol. The fraction of sp³-hybridized carbons (Fsp3) is 0.467. The van der Waals surface area contributed by atoms with Gasteiger partial charge in [0.05, 0.1) is 17.5 Å². The number of nitrogens with zero attached hydrogens (tertiary/aromatic N) is 1. The number of likely N-dealkylation sites (tertiary alicyclic amines) is 1. The fourth-order valence-electron chi connectivity index (χ4n) is 2.38. The molecule has 0 bridgehead atoms. The SMILES string of the molecule is NC(=O)C1CCN(C(=O)CCCOc2cccc(Cl)c2Cl)C1. The van der Waals surface area contributed by atoms with Crippen molar-refractivity contribution < 1.29 is 14.3 Å². The van der Waals surface area contributed by atoms with E-state index in [1.807, 2.05) is 0 Å². The molecule has 1 heterocycles. The van der Waals surface area contributed by atoms with Gasteiger partial charge in [-0.05, 0) is 25.0 Å². The van der Waals surface area contributed by atoms with Crippen molar-refractivity contribution in [2.24, 2.45) is 11.7 Å². The Labute approximate surface area is 139 Å². The molecule has 7 heteroatoms. The molecule has 0 saturated carbocycles. The van der Waals surface area contributed by atoms with Gasteiger partial charge in [-0.3, -0.25) is 9.59 Å². The average Bonchev–Trinajstić information content (AvgIpc) is 2.97. The molecule has 1 aromatic rings. The lowest BCUT2D eigenvalue weighted by molar-refractivity contribution is -0.130. The van der Waals surface area contributed by atoms with E-state index in [0.29, 0.717) is 54.8 Å². The highest BCUT2D eigenvalue weighted by atomic mass is 35.5. The van der Waals surface area contributed by atoms with Gasteiger partial charge in [0.1, 0.15) is 10.8 Å². The summed E-state index contributed by atoms with van der Waals surface area (Å²) in [7, 11) is 0. The van der Waals surface area contributed by atoms with Crippen LogP contribution in [0, 0.1) is 5.92 Å². The van der Waals surface area contributed by atoms with Gasteiger partial charge >= 0.3 is 0 Å². The van der Waals surface area contributed by atoms with Crippen LogP contribution in [0.4, 0.5) is 0 Å². The Morgan fingerprint density at radius 1 is 1.36 bits per heavy atom. The Kier molecular flexibility index (Phi) is 5.91. The van der Waals surface area contributed by atoms with Crippen LogP contribution >= 0.6 is 23.2 Å². The number of primary amides is 1. The van der Waals surface area contributed by atoms with Crippen LogP contribution in [0.1, 0.15) is 19.3 Å². The molecule has 1 atom stereocenters. The summed E-state index contributed by atoms with van der Waals surface area (Å²) in [6.45, 7) is 1.39. The van der Waals surface area contributed by atoms with Gasteiger partial charge in [-0.15, -0.1) is 0 Å². The lowest BCUT2D eigenvalue weighted by atomic mass is 10.1. The highest BCUT2D eigenvalue weighted by molar-refractivity contribution is 6.42. The van der Waals surface area contributed by atoms with Crippen molar-refractivity contribution in [2.45, 2.75) is 19.3 Å². The van der Waals surface area contributed by atoms with E-state index in [2.05, 4.69) is 0 Å². The minimum absolute atomic E-state index is 0.0181. The summed E-state index contributed by atoms with van der Waals surface area (Å²) in [5.74, 6) is -0.0270. The van der Waals surface area contributed by atoms with Crippen LogP contribution in [-0.4, -0.2) is 36.4 Å². The molecule has 0 spiro atoms. The first-order valence-electron chi connectivity index (χ1n) is 7.13. The van der Waals surface area contributed by atoms with Crippen LogP contribution in [0.2, 0.25) is 10.0 Å². The molecule has 5 nitrogen and oxygen atoms in total. The summed E-state index contributed by atoms with van der Waals surface area (Å²) in [4.78, 5) is 24.8. The number of amides is 2. The van der Waals surface area contributed by atoms with Crippen molar-refractivity contribution in [1.29, 1.82) is 0 Å². The number of ether oxygens (including phenoxy) is 1. The first kappa shape index (κ1) is 16.9. The number of carbonyl (C=O) groups is 2. The molecule has 1 saturated heterocycles. The van der Waals surface area contributed by atoms with Crippen molar-refractivity contribution in [3.05, 3.63) is 28.2 Å². The van der Waals surface area contributed by atoms with Crippen molar-refractivity contribution >= 4 is 35.0 Å². The molecule has 120 valence electrons. The predicted octanol–water partition coefficient (Wildman–Crippen LogP) is 2.49. The van der Waals surface area contributed by atoms with E-state index < -0.39 is 0 Å².